The zero-order chi connectivity index (χ0) is 15.3. The van der Waals surface area contributed by atoms with Crippen LogP contribution >= 0.6 is 0 Å². The van der Waals surface area contributed by atoms with E-state index in [1.165, 1.54) is 12.8 Å². The second-order valence-corrected chi connectivity index (χ2v) is 6.77. The summed E-state index contributed by atoms with van der Waals surface area (Å²) in [6.07, 6.45) is 8.41. The summed E-state index contributed by atoms with van der Waals surface area (Å²) in [6, 6.07) is 0. The van der Waals surface area contributed by atoms with Gasteiger partial charge < -0.3 is 9.29 Å². The second kappa shape index (κ2) is 15.7. The largest absolute Gasteiger partial charge is 1.00 e. The van der Waals surface area contributed by atoms with Gasteiger partial charge in [-0.1, -0.05) is 38.5 Å². The first kappa shape index (κ1) is 24.1. The number of halogens is 1. The van der Waals surface area contributed by atoms with Crippen LogP contribution in [0.3, 0.4) is 0 Å². The number of alkyl halides is 1. The van der Waals surface area contributed by atoms with E-state index < -0.39 is 10.1 Å². The Labute approximate surface area is 151 Å². The molecule has 0 aliphatic heterocycles. The van der Waals surface area contributed by atoms with Gasteiger partial charge >= 0.3 is 29.6 Å². The topological polar surface area (TPSA) is 66.4 Å². The molecule has 0 amide bonds. The molecule has 122 valence electrons. The van der Waals surface area contributed by atoms with Gasteiger partial charge in [0.2, 0.25) is 0 Å². The van der Waals surface area contributed by atoms with Crippen LogP contribution < -0.4 is 29.6 Å². The van der Waals surface area contributed by atoms with Gasteiger partial charge in [0, 0.05) is 12.4 Å². The van der Waals surface area contributed by atoms with Crippen molar-refractivity contribution < 1.29 is 51.7 Å². The van der Waals surface area contributed by atoms with Crippen LogP contribution in [0.2, 0.25) is 0 Å². The van der Waals surface area contributed by atoms with Crippen LogP contribution in [0, 0.1) is 0 Å². The maximum atomic E-state index is 11.8. The summed E-state index contributed by atoms with van der Waals surface area (Å²) in [5.74, 6) is -0.354. The summed E-state index contributed by atoms with van der Waals surface area (Å²) in [5, 5.41) is 0. The van der Waals surface area contributed by atoms with Crippen molar-refractivity contribution in [2.24, 2.45) is 0 Å². The Morgan fingerprint density at radius 2 is 1.48 bits per heavy atom. The summed E-state index contributed by atoms with van der Waals surface area (Å²) < 4.78 is 48.6. The van der Waals surface area contributed by atoms with Crippen molar-refractivity contribution in [3.8, 4) is 0 Å². The van der Waals surface area contributed by atoms with E-state index in [2.05, 4.69) is 0 Å². The molecule has 0 heterocycles. The SMILES string of the molecule is CC(CCS(=O)(=O)[O-])OCCCCCCCCCCF.[Na+]. The molecule has 0 N–H and O–H groups in total. The smallest absolute Gasteiger partial charge is 0.748 e. The third kappa shape index (κ3) is 20.8. The Bertz CT molecular complexity index is 312. The van der Waals surface area contributed by atoms with E-state index in [1.54, 1.807) is 6.92 Å². The quantitative estimate of drug-likeness (QED) is 0.262. The minimum absolute atomic E-state index is 0. The molecular formula is C14H28FNaO4S. The van der Waals surface area contributed by atoms with E-state index >= 15 is 0 Å². The number of hydrogen-bond acceptors (Lipinski definition) is 4. The molecule has 0 saturated heterocycles. The predicted molar refractivity (Wildman–Crippen MR) is 77.5 cm³/mol. The molecule has 0 bridgehead atoms. The van der Waals surface area contributed by atoms with Crippen molar-refractivity contribution in [1.82, 2.24) is 0 Å². The van der Waals surface area contributed by atoms with Crippen LogP contribution in [0.4, 0.5) is 4.39 Å². The van der Waals surface area contributed by atoms with Gasteiger partial charge in [-0.05, 0) is 26.2 Å². The standard InChI is InChI=1S/C14H29FO4S.Na/c1-14(10-13-20(16,17)18)19-12-9-7-5-3-2-4-6-8-11-15;/h14H,2-13H2,1H3,(H,16,17,18);/q;+1/p-1. The molecule has 0 spiro atoms. The van der Waals surface area contributed by atoms with Crippen LogP contribution in [-0.2, 0) is 14.9 Å². The van der Waals surface area contributed by atoms with E-state index in [1.807, 2.05) is 0 Å². The monoisotopic (exact) mass is 334 g/mol. The minimum Gasteiger partial charge on any atom is -0.748 e. The average Bonchev–Trinajstić information content (AvgIpc) is 2.38. The van der Waals surface area contributed by atoms with Crippen molar-refractivity contribution in [3.05, 3.63) is 0 Å². The first-order chi connectivity index (χ1) is 9.45. The van der Waals surface area contributed by atoms with Gasteiger partial charge in [-0.2, -0.15) is 0 Å². The molecule has 0 aromatic rings. The first-order valence-corrected chi connectivity index (χ1v) is 9.14. The molecule has 0 aliphatic rings. The van der Waals surface area contributed by atoms with Crippen molar-refractivity contribution in [2.75, 3.05) is 19.0 Å². The molecule has 0 saturated carbocycles. The zero-order valence-corrected chi connectivity index (χ0v) is 16.3. The minimum atomic E-state index is -4.13. The summed E-state index contributed by atoms with van der Waals surface area (Å²) in [5.41, 5.74) is 0. The first-order valence-electron chi connectivity index (χ1n) is 7.57. The molecule has 1 atom stereocenters. The average molecular weight is 334 g/mol. The molecule has 0 rings (SSSR count). The molecule has 0 radical (unpaired) electrons. The van der Waals surface area contributed by atoms with Crippen molar-refractivity contribution in [2.45, 2.75) is 70.8 Å². The fourth-order valence-electron chi connectivity index (χ4n) is 1.94. The van der Waals surface area contributed by atoms with Crippen molar-refractivity contribution in [3.63, 3.8) is 0 Å². The fourth-order valence-corrected chi connectivity index (χ4v) is 2.56. The van der Waals surface area contributed by atoms with E-state index in [0.717, 1.165) is 32.1 Å². The van der Waals surface area contributed by atoms with Crippen LogP contribution in [0.5, 0.6) is 0 Å². The number of hydrogen-bond donors (Lipinski definition) is 0. The van der Waals surface area contributed by atoms with Gasteiger partial charge in [-0.15, -0.1) is 0 Å². The van der Waals surface area contributed by atoms with E-state index in [-0.39, 0.29) is 54.5 Å². The predicted octanol–water partition coefficient (Wildman–Crippen LogP) is 0.421. The fraction of sp³-hybridized carbons (Fsp3) is 1.00. The molecule has 7 heteroatoms. The number of rotatable bonds is 14. The van der Waals surface area contributed by atoms with Gasteiger partial charge in [0.25, 0.3) is 0 Å². The molecule has 4 nitrogen and oxygen atoms in total. The molecule has 0 aliphatic carbocycles. The maximum absolute atomic E-state index is 11.8. The van der Waals surface area contributed by atoms with E-state index in [0.29, 0.717) is 13.0 Å². The summed E-state index contributed by atoms with van der Waals surface area (Å²) in [4.78, 5) is 0. The summed E-state index contributed by atoms with van der Waals surface area (Å²) >= 11 is 0. The molecule has 0 fully saturated rings. The Morgan fingerprint density at radius 3 is 1.95 bits per heavy atom. The Morgan fingerprint density at radius 1 is 1.00 bits per heavy atom. The summed E-state index contributed by atoms with van der Waals surface area (Å²) in [7, 11) is -4.13. The normalized spacial score (nSPS) is 12.9. The van der Waals surface area contributed by atoms with Gasteiger partial charge in [0.05, 0.1) is 22.9 Å². The maximum Gasteiger partial charge on any atom is 1.00 e. The van der Waals surface area contributed by atoms with Crippen LogP contribution in [-0.4, -0.2) is 38.1 Å². The number of ether oxygens (including phenoxy) is 1. The summed E-state index contributed by atoms with van der Waals surface area (Å²) in [6.45, 7) is 2.20. The Kier molecular flexibility index (Phi) is 18.0. The van der Waals surface area contributed by atoms with Crippen molar-refractivity contribution >= 4 is 10.1 Å². The van der Waals surface area contributed by atoms with E-state index in [4.69, 9.17) is 4.74 Å². The Balaban J connectivity index is 0. The second-order valence-electron chi connectivity index (χ2n) is 5.25. The van der Waals surface area contributed by atoms with Crippen LogP contribution in [0.1, 0.15) is 64.7 Å². The van der Waals surface area contributed by atoms with Crippen LogP contribution in [0.25, 0.3) is 0 Å². The van der Waals surface area contributed by atoms with Gasteiger partial charge in [0.15, 0.2) is 0 Å². The van der Waals surface area contributed by atoms with Gasteiger partial charge in [-0.25, -0.2) is 8.42 Å². The molecular weight excluding hydrogens is 306 g/mol. The van der Waals surface area contributed by atoms with Gasteiger partial charge in [0.1, 0.15) is 0 Å². The van der Waals surface area contributed by atoms with Gasteiger partial charge in [-0.3, -0.25) is 4.39 Å². The molecule has 21 heavy (non-hydrogen) atoms. The van der Waals surface area contributed by atoms with Crippen LogP contribution in [0.15, 0.2) is 0 Å². The Hall–Kier alpha value is 0.800. The van der Waals surface area contributed by atoms with Crippen molar-refractivity contribution in [1.29, 1.82) is 0 Å². The number of unbranched alkanes of at least 4 members (excludes halogenated alkanes) is 7. The molecule has 0 aromatic carbocycles. The zero-order valence-electron chi connectivity index (χ0n) is 13.5. The molecule has 1 unspecified atom stereocenters. The molecule has 0 aromatic heterocycles. The van der Waals surface area contributed by atoms with E-state index in [9.17, 15) is 17.4 Å². The third-order valence-electron chi connectivity index (χ3n) is 3.20. The third-order valence-corrected chi connectivity index (χ3v) is 3.94.